The van der Waals surface area contributed by atoms with Crippen molar-refractivity contribution in [2.24, 2.45) is 0 Å². The van der Waals surface area contributed by atoms with Crippen LogP contribution in [0.3, 0.4) is 0 Å². The van der Waals surface area contributed by atoms with Crippen molar-refractivity contribution in [1.29, 1.82) is 0 Å². The summed E-state index contributed by atoms with van der Waals surface area (Å²) in [6, 6.07) is 5.00. The quantitative estimate of drug-likeness (QED) is 0.744. The van der Waals surface area contributed by atoms with Gasteiger partial charge in [-0.3, -0.25) is 4.72 Å². The third-order valence-electron chi connectivity index (χ3n) is 3.77. The zero-order valence-electron chi connectivity index (χ0n) is 11.2. The maximum absolute atomic E-state index is 11.2. The first-order valence-corrected chi connectivity index (χ1v) is 8.46. The van der Waals surface area contributed by atoms with Crippen LogP contribution in [0, 0.1) is 0 Å². The molecule has 0 amide bonds. The zero-order chi connectivity index (χ0) is 14.4. The summed E-state index contributed by atoms with van der Waals surface area (Å²) in [6.45, 7) is 1.61. The number of hydrogen-bond acceptors (Lipinski definition) is 5. The average Bonchev–Trinajstić information content (AvgIpc) is 2.76. The summed E-state index contributed by atoms with van der Waals surface area (Å²) in [7, 11) is -3.33. The van der Waals surface area contributed by atoms with Crippen molar-refractivity contribution < 1.29 is 18.3 Å². The number of rotatable bonds is 2. The van der Waals surface area contributed by atoms with Gasteiger partial charge in [0, 0.05) is 30.6 Å². The van der Waals surface area contributed by atoms with Crippen LogP contribution >= 0.6 is 0 Å². The Morgan fingerprint density at radius 2 is 2.30 bits per heavy atom. The van der Waals surface area contributed by atoms with Crippen molar-refractivity contribution in [3.63, 3.8) is 0 Å². The number of fused-ring (bicyclic) bond motifs is 1. The van der Waals surface area contributed by atoms with Crippen LogP contribution in [0.2, 0.25) is 0 Å². The predicted octanol–water partition coefficient (Wildman–Crippen LogP) is 0.606. The van der Waals surface area contributed by atoms with E-state index >= 15 is 0 Å². The number of nitrogens with one attached hydrogen (secondary N) is 2. The normalized spacial score (nSPS) is 29.0. The summed E-state index contributed by atoms with van der Waals surface area (Å²) in [5, 5.41) is 13.6. The predicted molar refractivity (Wildman–Crippen MR) is 75.3 cm³/mol. The molecule has 110 valence electrons. The van der Waals surface area contributed by atoms with Gasteiger partial charge in [-0.25, -0.2) is 8.42 Å². The Morgan fingerprint density at radius 1 is 1.50 bits per heavy atom. The topological polar surface area (TPSA) is 87.7 Å². The Hall–Kier alpha value is -1.31. The van der Waals surface area contributed by atoms with E-state index in [4.69, 9.17) is 4.74 Å². The lowest BCUT2D eigenvalue weighted by atomic mass is 9.88. The Bertz CT molecular complexity index is 623. The summed E-state index contributed by atoms with van der Waals surface area (Å²) >= 11 is 0. The van der Waals surface area contributed by atoms with Crippen LogP contribution in [0.5, 0.6) is 5.75 Å². The molecule has 2 atom stereocenters. The molecule has 3 N–H and O–H groups in total. The molecule has 2 unspecified atom stereocenters. The molecule has 2 aliphatic rings. The maximum Gasteiger partial charge on any atom is 0.229 e. The van der Waals surface area contributed by atoms with Crippen molar-refractivity contribution in [2.75, 3.05) is 24.1 Å². The molecule has 1 aromatic rings. The first-order valence-electron chi connectivity index (χ1n) is 6.56. The van der Waals surface area contributed by atoms with E-state index in [2.05, 4.69) is 10.0 Å². The molecule has 1 aromatic carbocycles. The van der Waals surface area contributed by atoms with E-state index in [-0.39, 0.29) is 5.60 Å². The molecule has 0 aromatic heterocycles. The Morgan fingerprint density at radius 3 is 2.95 bits per heavy atom. The first kappa shape index (κ1) is 13.7. The number of aliphatic hydroxyl groups is 1. The van der Waals surface area contributed by atoms with Crippen LogP contribution in [0.4, 0.5) is 5.69 Å². The second-order valence-corrected chi connectivity index (χ2v) is 7.31. The van der Waals surface area contributed by atoms with E-state index in [1.807, 2.05) is 0 Å². The van der Waals surface area contributed by atoms with Crippen LogP contribution in [0.1, 0.15) is 24.5 Å². The number of aliphatic hydroxyl groups excluding tert-OH is 1. The molecule has 0 aliphatic carbocycles. The molecule has 2 aliphatic heterocycles. The highest BCUT2D eigenvalue weighted by Gasteiger charge is 2.42. The minimum atomic E-state index is -3.33. The second kappa shape index (κ2) is 4.61. The van der Waals surface area contributed by atoms with Crippen molar-refractivity contribution in [1.82, 2.24) is 5.32 Å². The summed E-state index contributed by atoms with van der Waals surface area (Å²) in [5.74, 6) is 0.631. The van der Waals surface area contributed by atoms with E-state index in [1.165, 1.54) is 0 Å². The standard InChI is InChI=1S/C13H18N2O4S/c1-20(17,18)15-9-2-3-12-10(6-9)11(16)7-13(19-12)4-5-14-8-13/h2-3,6,11,14-16H,4-5,7-8H2,1H3. The smallest absolute Gasteiger partial charge is 0.229 e. The lowest BCUT2D eigenvalue weighted by Crippen LogP contribution is -2.42. The fourth-order valence-corrected chi connectivity index (χ4v) is 3.45. The summed E-state index contributed by atoms with van der Waals surface area (Å²) in [6.07, 6.45) is 1.85. The highest BCUT2D eigenvalue weighted by molar-refractivity contribution is 7.92. The van der Waals surface area contributed by atoms with Crippen molar-refractivity contribution in [3.05, 3.63) is 23.8 Å². The van der Waals surface area contributed by atoms with Gasteiger partial charge in [-0.15, -0.1) is 0 Å². The first-order chi connectivity index (χ1) is 9.37. The van der Waals surface area contributed by atoms with E-state index in [9.17, 15) is 13.5 Å². The number of sulfonamides is 1. The molecule has 6 nitrogen and oxygen atoms in total. The van der Waals surface area contributed by atoms with Gasteiger partial charge in [0.2, 0.25) is 10.0 Å². The molecule has 0 saturated carbocycles. The fraction of sp³-hybridized carbons (Fsp3) is 0.538. The van der Waals surface area contributed by atoms with Gasteiger partial charge in [-0.05, 0) is 24.7 Å². The molecule has 7 heteroatoms. The Balaban J connectivity index is 1.91. The third-order valence-corrected chi connectivity index (χ3v) is 4.37. The molecule has 2 heterocycles. The van der Waals surface area contributed by atoms with Gasteiger partial charge >= 0.3 is 0 Å². The zero-order valence-corrected chi connectivity index (χ0v) is 12.0. The molecule has 0 radical (unpaired) electrons. The maximum atomic E-state index is 11.2. The minimum absolute atomic E-state index is 0.335. The van der Waals surface area contributed by atoms with Gasteiger partial charge in [0.15, 0.2) is 0 Å². The monoisotopic (exact) mass is 298 g/mol. The summed E-state index contributed by atoms with van der Waals surface area (Å²) < 4.78 is 30.9. The molecule has 1 fully saturated rings. The van der Waals surface area contributed by atoms with Crippen molar-refractivity contribution >= 4 is 15.7 Å². The Labute approximate surface area is 118 Å². The van der Waals surface area contributed by atoms with Gasteiger partial charge < -0.3 is 15.2 Å². The average molecular weight is 298 g/mol. The molecule has 20 heavy (non-hydrogen) atoms. The molecule has 1 spiro atoms. The van der Waals surface area contributed by atoms with Crippen LogP contribution in [-0.2, 0) is 10.0 Å². The second-order valence-electron chi connectivity index (χ2n) is 5.56. The lowest BCUT2D eigenvalue weighted by Gasteiger charge is -2.37. The SMILES string of the molecule is CS(=O)(=O)Nc1ccc2c(c1)C(O)CC1(CCNC1)O2. The lowest BCUT2D eigenvalue weighted by molar-refractivity contribution is -0.000233. The van der Waals surface area contributed by atoms with E-state index in [0.717, 1.165) is 25.8 Å². The van der Waals surface area contributed by atoms with Gasteiger partial charge in [0.25, 0.3) is 0 Å². The van der Waals surface area contributed by atoms with Gasteiger partial charge in [0.1, 0.15) is 11.4 Å². The van der Waals surface area contributed by atoms with Gasteiger partial charge in [-0.2, -0.15) is 0 Å². The van der Waals surface area contributed by atoms with Crippen LogP contribution in [0.15, 0.2) is 18.2 Å². The van der Waals surface area contributed by atoms with Crippen molar-refractivity contribution in [3.8, 4) is 5.75 Å². The van der Waals surface area contributed by atoms with Crippen LogP contribution in [-0.4, -0.2) is 38.5 Å². The molecule has 3 rings (SSSR count). The highest BCUT2D eigenvalue weighted by Crippen LogP contribution is 2.43. The minimum Gasteiger partial charge on any atom is -0.485 e. The van der Waals surface area contributed by atoms with E-state index in [0.29, 0.717) is 23.4 Å². The number of anilines is 1. The summed E-state index contributed by atoms with van der Waals surface area (Å²) in [4.78, 5) is 0. The largest absolute Gasteiger partial charge is 0.485 e. The summed E-state index contributed by atoms with van der Waals surface area (Å²) in [5.41, 5.74) is 0.739. The molecule has 0 bridgehead atoms. The molecular weight excluding hydrogens is 280 g/mol. The fourth-order valence-electron chi connectivity index (χ4n) is 2.90. The highest BCUT2D eigenvalue weighted by atomic mass is 32.2. The number of ether oxygens (including phenoxy) is 1. The molecule has 1 saturated heterocycles. The van der Waals surface area contributed by atoms with E-state index < -0.39 is 16.1 Å². The van der Waals surface area contributed by atoms with E-state index in [1.54, 1.807) is 18.2 Å². The molecular formula is C13H18N2O4S. The van der Waals surface area contributed by atoms with Gasteiger partial charge in [0.05, 0.1) is 12.4 Å². The van der Waals surface area contributed by atoms with Crippen molar-refractivity contribution in [2.45, 2.75) is 24.5 Å². The van der Waals surface area contributed by atoms with Gasteiger partial charge in [-0.1, -0.05) is 0 Å². The van der Waals surface area contributed by atoms with Crippen LogP contribution in [0.25, 0.3) is 0 Å². The number of hydrogen-bond donors (Lipinski definition) is 3. The number of benzene rings is 1. The Kier molecular flexibility index (Phi) is 3.15. The third kappa shape index (κ3) is 2.61. The van der Waals surface area contributed by atoms with Crippen LogP contribution < -0.4 is 14.8 Å².